The molecule has 0 radical (unpaired) electrons. The molecule has 0 aromatic heterocycles. The predicted molar refractivity (Wildman–Crippen MR) is 108 cm³/mol. The van der Waals surface area contributed by atoms with Gasteiger partial charge in [-0.2, -0.15) is 5.10 Å². The number of anilines is 1. The van der Waals surface area contributed by atoms with E-state index in [1.807, 2.05) is 25.1 Å². The van der Waals surface area contributed by atoms with Gasteiger partial charge >= 0.3 is 0 Å². The number of ether oxygens (including phenoxy) is 1. The van der Waals surface area contributed by atoms with Crippen LogP contribution in [0.25, 0.3) is 0 Å². The minimum Gasteiger partial charge on any atom is -0.496 e. The number of nitrogens with two attached hydrogens (primary N) is 1. The number of nitrogens with zero attached hydrogens (tertiary/aromatic N) is 2. The van der Waals surface area contributed by atoms with Gasteiger partial charge in [0.1, 0.15) is 5.75 Å². The fraction of sp³-hybridized carbons (Fsp3) is 0.263. The van der Waals surface area contributed by atoms with Gasteiger partial charge in [0.2, 0.25) is 5.91 Å². The summed E-state index contributed by atoms with van der Waals surface area (Å²) in [4.78, 5) is 12.1. The summed E-state index contributed by atoms with van der Waals surface area (Å²) in [6.07, 6.45) is 0.674. The fourth-order valence-electron chi connectivity index (χ4n) is 3.07. The summed E-state index contributed by atoms with van der Waals surface area (Å²) in [7, 11) is 1.62. The van der Waals surface area contributed by atoms with Gasteiger partial charge in [0.15, 0.2) is 0 Å². The van der Waals surface area contributed by atoms with Crippen molar-refractivity contribution in [3.8, 4) is 5.75 Å². The molecule has 1 heterocycles. The highest BCUT2D eigenvalue weighted by molar-refractivity contribution is 9.10. The van der Waals surface area contributed by atoms with E-state index in [4.69, 9.17) is 22.1 Å². The van der Waals surface area contributed by atoms with Crippen molar-refractivity contribution in [3.63, 3.8) is 0 Å². The number of rotatable bonds is 2. The van der Waals surface area contributed by atoms with E-state index in [0.29, 0.717) is 28.6 Å². The van der Waals surface area contributed by atoms with Crippen LogP contribution >= 0.6 is 27.5 Å². The first-order valence-electron chi connectivity index (χ1n) is 8.12. The van der Waals surface area contributed by atoms with Crippen molar-refractivity contribution in [2.24, 2.45) is 5.10 Å². The Labute approximate surface area is 165 Å². The second-order valence-electron chi connectivity index (χ2n) is 6.25. The van der Waals surface area contributed by atoms with Gasteiger partial charge in [-0.3, -0.25) is 4.79 Å². The van der Waals surface area contributed by atoms with Crippen LogP contribution < -0.4 is 10.5 Å². The van der Waals surface area contributed by atoms with Crippen LogP contribution in [0.3, 0.4) is 0 Å². The van der Waals surface area contributed by atoms with Gasteiger partial charge in [0, 0.05) is 18.1 Å². The Morgan fingerprint density at radius 1 is 1.38 bits per heavy atom. The highest BCUT2D eigenvalue weighted by Gasteiger charge is 2.26. The van der Waals surface area contributed by atoms with Crippen LogP contribution in [0, 0.1) is 0 Å². The van der Waals surface area contributed by atoms with Gasteiger partial charge in [-0.1, -0.05) is 17.7 Å². The summed E-state index contributed by atoms with van der Waals surface area (Å²) in [5.74, 6) is 0.581. The molecule has 2 aromatic carbocycles. The van der Waals surface area contributed by atoms with E-state index in [-0.39, 0.29) is 11.9 Å². The summed E-state index contributed by atoms with van der Waals surface area (Å²) in [5, 5.41) is 6.63. The smallest absolute Gasteiger partial charge is 0.239 e. The molecule has 26 heavy (non-hydrogen) atoms. The molecular weight excluding hydrogens is 418 g/mol. The topological polar surface area (TPSA) is 67.9 Å². The molecule has 0 saturated carbocycles. The number of hydrogen-bond donors (Lipinski definition) is 1. The van der Waals surface area contributed by atoms with E-state index in [9.17, 15) is 4.79 Å². The summed E-state index contributed by atoms with van der Waals surface area (Å²) < 4.78 is 6.31. The zero-order valence-corrected chi connectivity index (χ0v) is 17.1. The molecule has 1 amide bonds. The molecule has 0 aliphatic carbocycles. The van der Waals surface area contributed by atoms with Gasteiger partial charge in [0.25, 0.3) is 0 Å². The minimum atomic E-state index is -0.115. The maximum atomic E-state index is 12.1. The van der Waals surface area contributed by atoms with Crippen molar-refractivity contribution in [1.29, 1.82) is 0 Å². The van der Waals surface area contributed by atoms with E-state index in [2.05, 4.69) is 21.0 Å². The average molecular weight is 437 g/mol. The highest BCUT2D eigenvalue weighted by atomic mass is 79.9. The van der Waals surface area contributed by atoms with Crippen LogP contribution in [-0.2, 0) is 11.2 Å². The number of hydrazone groups is 1. The van der Waals surface area contributed by atoms with E-state index < -0.39 is 0 Å². The van der Waals surface area contributed by atoms with Gasteiger partial charge < -0.3 is 10.5 Å². The zero-order chi connectivity index (χ0) is 19.0. The van der Waals surface area contributed by atoms with Gasteiger partial charge in [-0.15, -0.1) is 0 Å². The molecule has 7 heteroatoms. The van der Waals surface area contributed by atoms with E-state index in [1.165, 1.54) is 11.9 Å². The molecule has 2 N–H and O–H groups in total. The van der Waals surface area contributed by atoms with Crippen molar-refractivity contribution >= 4 is 44.8 Å². The van der Waals surface area contributed by atoms with E-state index >= 15 is 0 Å². The molecule has 0 fully saturated rings. The lowest BCUT2D eigenvalue weighted by molar-refractivity contribution is -0.130. The standard InChI is InChI=1S/C19H19BrClN3O2/c1-10-6-13-7-15(20)18(26-3)9-14(13)19(23-24(10)11(2)25)12-4-5-17(22)16(21)8-12/h4-5,7-10H,6,22H2,1-3H3. The molecule has 1 aliphatic heterocycles. The first kappa shape index (κ1) is 18.7. The normalized spacial score (nSPS) is 16.6. The van der Waals surface area contributed by atoms with Crippen molar-refractivity contribution in [1.82, 2.24) is 5.01 Å². The Morgan fingerprint density at radius 3 is 2.73 bits per heavy atom. The third-order valence-corrected chi connectivity index (χ3v) is 5.32. The molecule has 1 atom stereocenters. The second-order valence-corrected chi connectivity index (χ2v) is 7.51. The third kappa shape index (κ3) is 3.44. The fourth-order valence-corrected chi connectivity index (χ4v) is 3.81. The number of methoxy groups -OCH3 is 1. The number of fused-ring (bicyclic) bond motifs is 1. The molecule has 0 spiro atoms. The number of benzene rings is 2. The molecular formula is C19H19BrClN3O2. The van der Waals surface area contributed by atoms with Crippen molar-refractivity contribution in [2.75, 3.05) is 12.8 Å². The number of nitrogen functional groups attached to an aromatic ring is 1. The summed E-state index contributed by atoms with van der Waals surface area (Å²) >= 11 is 9.76. The Balaban J connectivity index is 2.27. The quantitative estimate of drug-likeness (QED) is 0.716. The van der Waals surface area contributed by atoms with Crippen LogP contribution in [0.5, 0.6) is 5.75 Å². The molecule has 1 aliphatic rings. The number of carbonyl (C=O) groups excluding carboxylic acids is 1. The highest BCUT2D eigenvalue weighted by Crippen LogP contribution is 2.33. The van der Waals surface area contributed by atoms with E-state index in [1.54, 1.807) is 19.2 Å². The molecule has 1 unspecified atom stereocenters. The number of hydrogen-bond acceptors (Lipinski definition) is 4. The zero-order valence-electron chi connectivity index (χ0n) is 14.7. The summed E-state index contributed by atoms with van der Waals surface area (Å²) in [5.41, 5.74) is 9.76. The first-order valence-corrected chi connectivity index (χ1v) is 9.29. The maximum Gasteiger partial charge on any atom is 0.239 e. The Kier molecular flexibility index (Phi) is 5.25. The Bertz CT molecular complexity index is 914. The number of halogens is 2. The molecule has 0 saturated heterocycles. The molecule has 136 valence electrons. The second kappa shape index (κ2) is 7.29. The maximum absolute atomic E-state index is 12.1. The SMILES string of the molecule is COc1cc2c(cc1Br)CC(C)N(C(C)=O)N=C2c1ccc(N)c(Cl)c1. The predicted octanol–water partition coefficient (Wildman–Crippen LogP) is 4.24. The van der Waals surface area contributed by atoms with Crippen molar-refractivity contribution in [3.05, 3.63) is 56.5 Å². The van der Waals surface area contributed by atoms with Gasteiger partial charge in [-0.25, -0.2) is 5.01 Å². The van der Waals surface area contributed by atoms with E-state index in [0.717, 1.165) is 21.2 Å². The molecule has 3 rings (SSSR count). The number of amides is 1. The first-order chi connectivity index (χ1) is 12.3. The Hall–Kier alpha value is -2.05. The molecule has 0 bridgehead atoms. The van der Waals surface area contributed by atoms with Crippen molar-refractivity contribution in [2.45, 2.75) is 26.3 Å². The van der Waals surface area contributed by atoms with Crippen LogP contribution in [0.4, 0.5) is 5.69 Å². The van der Waals surface area contributed by atoms with Crippen LogP contribution in [0.2, 0.25) is 5.02 Å². The molecule has 5 nitrogen and oxygen atoms in total. The number of carbonyl (C=O) groups is 1. The van der Waals surface area contributed by atoms with Crippen molar-refractivity contribution < 1.29 is 9.53 Å². The largest absolute Gasteiger partial charge is 0.496 e. The minimum absolute atomic E-state index is 0.0756. The lowest BCUT2D eigenvalue weighted by atomic mass is 9.94. The summed E-state index contributed by atoms with van der Waals surface area (Å²) in [6.45, 7) is 3.49. The Morgan fingerprint density at radius 2 is 2.12 bits per heavy atom. The van der Waals surface area contributed by atoms with Crippen LogP contribution in [0.15, 0.2) is 39.9 Å². The van der Waals surface area contributed by atoms with Gasteiger partial charge in [0.05, 0.1) is 34.0 Å². The average Bonchev–Trinajstić information content (AvgIpc) is 2.72. The monoisotopic (exact) mass is 435 g/mol. The van der Waals surface area contributed by atoms with Crippen LogP contribution in [0.1, 0.15) is 30.5 Å². The third-order valence-electron chi connectivity index (χ3n) is 4.37. The van der Waals surface area contributed by atoms with Gasteiger partial charge in [-0.05, 0) is 59.1 Å². The van der Waals surface area contributed by atoms with Crippen LogP contribution in [-0.4, -0.2) is 29.8 Å². The lowest BCUT2D eigenvalue weighted by Crippen LogP contribution is -2.33. The summed E-state index contributed by atoms with van der Waals surface area (Å²) in [6, 6.07) is 9.23. The molecule has 2 aromatic rings. The lowest BCUT2D eigenvalue weighted by Gasteiger charge is -2.21.